The Labute approximate surface area is 113 Å². The van der Waals surface area contributed by atoms with Crippen molar-refractivity contribution in [2.24, 2.45) is 7.05 Å². The summed E-state index contributed by atoms with van der Waals surface area (Å²) in [5.41, 5.74) is -0.539. The van der Waals surface area contributed by atoms with E-state index in [1.165, 1.54) is 16.3 Å². The Morgan fingerprint density at radius 3 is 2.80 bits per heavy atom. The zero-order valence-electron chi connectivity index (χ0n) is 11.3. The van der Waals surface area contributed by atoms with Gasteiger partial charge in [0.05, 0.1) is 12.6 Å². The van der Waals surface area contributed by atoms with Crippen LogP contribution in [0, 0.1) is 0 Å². The van der Waals surface area contributed by atoms with Crippen molar-refractivity contribution in [3.63, 3.8) is 0 Å². The second-order valence-electron chi connectivity index (χ2n) is 4.97. The third kappa shape index (κ3) is 1.63. The van der Waals surface area contributed by atoms with Gasteiger partial charge in [0.1, 0.15) is 12.3 Å². The minimum Gasteiger partial charge on any atom is -0.391 e. The lowest BCUT2D eigenvalue weighted by atomic mass is 10.2. The molecule has 1 aliphatic rings. The van der Waals surface area contributed by atoms with E-state index < -0.39 is 29.7 Å². The second-order valence-corrected chi connectivity index (χ2v) is 4.97. The molecule has 0 radical (unpaired) electrons. The van der Waals surface area contributed by atoms with Crippen molar-refractivity contribution in [1.82, 2.24) is 24.1 Å². The lowest BCUT2D eigenvalue weighted by molar-refractivity contribution is -0.0944. The van der Waals surface area contributed by atoms with E-state index in [0.29, 0.717) is 5.65 Å². The highest BCUT2D eigenvalue weighted by Crippen LogP contribution is 2.21. The van der Waals surface area contributed by atoms with Crippen LogP contribution >= 0.6 is 0 Å². The van der Waals surface area contributed by atoms with Crippen molar-refractivity contribution >= 4 is 11.2 Å². The lowest BCUT2D eigenvalue weighted by Crippen LogP contribution is -2.40. The molecule has 0 aromatic carbocycles. The van der Waals surface area contributed by atoms with Crippen LogP contribution in [-0.4, -0.2) is 41.4 Å². The maximum Gasteiger partial charge on any atom is 0.334 e. The summed E-state index contributed by atoms with van der Waals surface area (Å²) >= 11 is 0. The Morgan fingerprint density at radius 2 is 2.15 bits per heavy atom. The minimum atomic E-state index is -0.734. The van der Waals surface area contributed by atoms with E-state index in [1.807, 2.05) is 0 Å². The van der Waals surface area contributed by atoms with Crippen LogP contribution in [0.25, 0.3) is 11.2 Å². The van der Waals surface area contributed by atoms with E-state index in [9.17, 15) is 14.7 Å². The summed E-state index contributed by atoms with van der Waals surface area (Å²) in [5, 5.41) is 17.5. The van der Waals surface area contributed by atoms with E-state index in [4.69, 9.17) is 4.74 Å². The summed E-state index contributed by atoms with van der Waals surface area (Å²) in [4.78, 5) is 24.3. The normalized spacial score (nSPS) is 23.8. The Morgan fingerprint density at radius 1 is 1.45 bits per heavy atom. The quantitative estimate of drug-likeness (QED) is 0.688. The minimum absolute atomic E-state index is 0.119. The molecule has 3 atom stereocenters. The fraction of sp³-hybridized carbons (Fsp3) is 0.636. The number of ether oxygens (including phenoxy) is 1. The Bertz CT molecular complexity index is 786. The van der Waals surface area contributed by atoms with Crippen molar-refractivity contribution < 1.29 is 9.84 Å². The van der Waals surface area contributed by atoms with Crippen LogP contribution in [0.15, 0.2) is 9.59 Å². The smallest absolute Gasteiger partial charge is 0.334 e. The predicted molar refractivity (Wildman–Crippen MR) is 68.3 cm³/mol. The first-order chi connectivity index (χ1) is 9.41. The molecular formula is C11H15N5O4. The van der Waals surface area contributed by atoms with Gasteiger partial charge >= 0.3 is 5.69 Å². The first kappa shape index (κ1) is 13.0. The molecular weight excluding hydrogens is 266 g/mol. The van der Waals surface area contributed by atoms with Crippen molar-refractivity contribution in [2.45, 2.75) is 38.8 Å². The molecule has 20 heavy (non-hydrogen) atoms. The van der Waals surface area contributed by atoms with Crippen LogP contribution in [0.5, 0.6) is 0 Å². The molecule has 9 heteroatoms. The van der Waals surface area contributed by atoms with E-state index >= 15 is 0 Å². The summed E-state index contributed by atoms with van der Waals surface area (Å²) < 4.78 is 9.43. The van der Waals surface area contributed by atoms with Crippen LogP contribution in [-0.2, 0) is 18.3 Å². The maximum atomic E-state index is 12.3. The van der Waals surface area contributed by atoms with Gasteiger partial charge in [0.15, 0.2) is 11.2 Å². The van der Waals surface area contributed by atoms with Crippen molar-refractivity contribution in [1.29, 1.82) is 0 Å². The number of aromatic nitrogens is 5. The summed E-state index contributed by atoms with van der Waals surface area (Å²) in [6.45, 7) is 3.51. The van der Waals surface area contributed by atoms with Gasteiger partial charge in [0.25, 0.3) is 5.56 Å². The SMILES string of the molecule is CC(O)[C@H]1Cn2nnc3c(=O)n(C)c(=O)n(c32)[C@@H](C)O1. The molecule has 3 heterocycles. The van der Waals surface area contributed by atoms with Crippen LogP contribution in [0.2, 0.25) is 0 Å². The van der Waals surface area contributed by atoms with Crippen molar-refractivity contribution in [3.8, 4) is 0 Å². The van der Waals surface area contributed by atoms with E-state index in [0.717, 1.165) is 4.57 Å². The van der Waals surface area contributed by atoms with Crippen molar-refractivity contribution in [3.05, 3.63) is 20.8 Å². The molecule has 1 aliphatic heterocycles. The van der Waals surface area contributed by atoms with Gasteiger partial charge in [-0.25, -0.2) is 14.0 Å². The molecule has 1 unspecified atom stereocenters. The number of nitrogens with zero attached hydrogens (tertiary/aromatic N) is 5. The number of rotatable bonds is 1. The second kappa shape index (κ2) is 4.25. The zero-order chi connectivity index (χ0) is 14.6. The monoisotopic (exact) mass is 281 g/mol. The van der Waals surface area contributed by atoms with Gasteiger partial charge in [-0.05, 0) is 13.8 Å². The molecule has 0 bridgehead atoms. The highest BCUT2D eigenvalue weighted by Gasteiger charge is 2.30. The fourth-order valence-electron chi connectivity index (χ4n) is 2.43. The molecule has 2 aromatic heterocycles. The van der Waals surface area contributed by atoms with Gasteiger partial charge < -0.3 is 9.84 Å². The van der Waals surface area contributed by atoms with E-state index in [2.05, 4.69) is 10.3 Å². The third-order valence-electron chi connectivity index (χ3n) is 3.56. The molecule has 2 aromatic rings. The van der Waals surface area contributed by atoms with Gasteiger partial charge in [-0.3, -0.25) is 9.36 Å². The summed E-state index contributed by atoms with van der Waals surface area (Å²) in [7, 11) is 1.39. The predicted octanol–water partition coefficient (Wildman–Crippen LogP) is -1.41. The van der Waals surface area contributed by atoms with E-state index in [1.54, 1.807) is 13.8 Å². The van der Waals surface area contributed by atoms with Crippen LogP contribution in [0.1, 0.15) is 20.1 Å². The summed E-state index contributed by atoms with van der Waals surface area (Å²) in [6.07, 6.45) is -1.90. The third-order valence-corrected chi connectivity index (χ3v) is 3.56. The van der Waals surface area contributed by atoms with Crippen LogP contribution in [0.4, 0.5) is 0 Å². The number of aliphatic hydroxyl groups is 1. The first-order valence-corrected chi connectivity index (χ1v) is 6.30. The molecule has 0 fully saturated rings. The molecule has 0 saturated carbocycles. The Balaban J connectivity index is 2.38. The van der Waals surface area contributed by atoms with Gasteiger partial charge in [-0.1, -0.05) is 5.21 Å². The molecule has 108 valence electrons. The number of aliphatic hydroxyl groups excluding tert-OH is 1. The van der Waals surface area contributed by atoms with Gasteiger partial charge in [-0.2, -0.15) is 0 Å². The molecule has 0 aliphatic carbocycles. The van der Waals surface area contributed by atoms with Crippen molar-refractivity contribution in [2.75, 3.05) is 0 Å². The zero-order valence-corrected chi connectivity index (χ0v) is 11.3. The molecule has 0 spiro atoms. The highest BCUT2D eigenvalue weighted by molar-refractivity contribution is 5.68. The van der Waals surface area contributed by atoms with Crippen LogP contribution in [0.3, 0.4) is 0 Å². The lowest BCUT2D eigenvalue weighted by Gasteiger charge is -2.22. The fourth-order valence-corrected chi connectivity index (χ4v) is 2.43. The molecule has 3 rings (SSSR count). The maximum absolute atomic E-state index is 12.3. The number of hydrogen-bond donors (Lipinski definition) is 1. The standard InChI is InChI=1S/C11H15N5O4/c1-5(17)7-4-15-9-8(12-13-15)10(18)14(3)11(19)16(9)6(2)20-7/h5-7,17H,4H2,1-3H3/t5?,6-,7-/m1/s1. The topological polar surface area (TPSA) is 104 Å². The van der Waals surface area contributed by atoms with E-state index in [-0.39, 0.29) is 12.1 Å². The van der Waals surface area contributed by atoms with Gasteiger partial charge in [0.2, 0.25) is 0 Å². The number of hydrogen-bond acceptors (Lipinski definition) is 6. The molecule has 1 N–H and O–H groups in total. The largest absolute Gasteiger partial charge is 0.391 e. The molecule has 0 saturated heterocycles. The highest BCUT2D eigenvalue weighted by atomic mass is 16.5. The summed E-state index contributed by atoms with van der Waals surface area (Å²) in [6, 6.07) is 0. The van der Waals surface area contributed by atoms with Gasteiger partial charge in [-0.15, -0.1) is 5.10 Å². The average Bonchev–Trinajstić information content (AvgIpc) is 2.72. The Hall–Kier alpha value is -2.00. The average molecular weight is 281 g/mol. The first-order valence-electron chi connectivity index (χ1n) is 6.30. The van der Waals surface area contributed by atoms with Crippen LogP contribution < -0.4 is 11.2 Å². The van der Waals surface area contributed by atoms with Gasteiger partial charge in [0, 0.05) is 7.05 Å². The Kier molecular flexibility index (Phi) is 2.76. The summed E-state index contributed by atoms with van der Waals surface area (Å²) in [5.74, 6) is 0. The molecule has 9 nitrogen and oxygen atoms in total. The molecule has 0 amide bonds.